The van der Waals surface area contributed by atoms with Crippen molar-refractivity contribution < 1.29 is 18.3 Å². The van der Waals surface area contributed by atoms with Crippen LogP contribution >= 0.6 is 0 Å². The molecule has 5 heteroatoms. The molecule has 2 aromatic carbocycles. The standard InChI is InChI=1S/C19H25FO3Si/c1-13(2)21-19(23-24,22-14(3)4)17-10-8-15(9-11-17)16-6-5-7-18(20)12-16/h5-14H,1-4,24H3. The first-order valence-corrected chi connectivity index (χ1v) is 8.95. The minimum Gasteiger partial charge on any atom is -0.376 e. The molecule has 0 heterocycles. The second kappa shape index (κ2) is 8.03. The summed E-state index contributed by atoms with van der Waals surface area (Å²) in [5, 5.41) is 0. The number of rotatable bonds is 7. The average Bonchev–Trinajstić information content (AvgIpc) is 2.53. The van der Waals surface area contributed by atoms with Gasteiger partial charge in [0.25, 0.3) is 0 Å². The largest absolute Gasteiger partial charge is 0.376 e. The summed E-state index contributed by atoms with van der Waals surface area (Å²) in [7, 11) is 0.465. The van der Waals surface area contributed by atoms with Gasteiger partial charge in [0.05, 0.1) is 12.2 Å². The molecule has 0 amide bonds. The molecule has 0 aliphatic rings. The van der Waals surface area contributed by atoms with Crippen molar-refractivity contribution in [3.63, 3.8) is 0 Å². The number of ether oxygens (including phenoxy) is 2. The molecule has 0 saturated carbocycles. The first kappa shape index (κ1) is 18.8. The summed E-state index contributed by atoms with van der Waals surface area (Å²) in [5.74, 6) is -1.45. The van der Waals surface area contributed by atoms with Gasteiger partial charge in [0.15, 0.2) is 10.5 Å². The molecule has 0 aromatic heterocycles. The molecule has 0 saturated heterocycles. The Hall–Kier alpha value is -1.53. The maximum absolute atomic E-state index is 13.4. The van der Waals surface area contributed by atoms with Crippen LogP contribution < -0.4 is 0 Å². The minimum atomic E-state index is -1.20. The number of halogens is 1. The van der Waals surface area contributed by atoms with Crippen LogP contribution in [0.1, 0.15) is 33.3 Å². The van der Waals surface area contributed by atoms with Gasteiger partial charge in [-0.1, -0.05) is 36.4 Å². The normalized spacial score (nSPS) is 12.3. The van der Waals surface area contributed by atoms with E-state index in [1.807, 2.05) is 58.0 Å². The lowest BCUT2D eigenvalue weighted by atomic mass is 10.0. The van der Waals surface area contributed by atoms with E-state index in [-0.39, 0.29) is 18.0 Å². The van der Waals surface area contributed by atoms with Gasteiger partial charge in [0, 0.05) is 5.56 Å². The van der Waals surface area contributed by atoms with Crippen LogP contribution in [0.4, 0.5) is 4.39 Å². The lowest BCUT2D eigenvalue weighted by molar-refractivity contribution is -0.378. The van der Waals surface area contributed by atoms with Crippen LogP contribution in [-0.2, 0) is 19.9 Å². The van der Waals surface area contributed by atoms with Crippen molar-refractivity contribution in [2.24, 2.45) is 0 Å². The molecular formula is C19H25FO3Si. The van der Waals surface area contributed by atoms with Gasteiger partial charge in [0.2, 0.25) is 0 Å². The third-order valence-electron chi connectivity index (χ3n) is 3.45. The van der Waals surface area contributed by atoms with Crippen LogP contribution in [-0.4, -0.2) is 22.7 Å². The van der Waals surface area contributed by atoms with Gasteiger partial charge >= 0.3 is 5.97 Å². The van der Waals surface area contributed by atoms with Gasteiger partial charge in [-0.3, -0.25) is 0 Å². The molecule has 130 valence electrons. The summed E-state index contributed by atoms with van der Waals surface area (Å²) in [4.78, 5) is 0. The molecule has 0 N–H and O–H groups in total. The molecule has 0 fully saturated rings. The Balaban J connectivity index is 2.37. The molecule has 0 aliphatic heterocycles. The van der Waals surface area contributed by atoms with Crippen LogP contribution in [0.15, 0.2) is 48.5 Å². The Morgan fingerprint density at radius 3 is 1.92 bits per heavy atom. The van der Waals surface area contributed by atoms with E-state index >= 15 is 0 Å². The van der Waals surface area contributed by atoms with Gasteiger partial charge in [-0.25, -0.2) is 4.39 Å². The molecule has 0 bridgehead atoms. The van der Waals surface area contributed by atoms with Gasteiger partial charge in [-0.05, 0) is 51.0 Å². The average molecular weight is 348 g/mol. The molecule has 2 rings (SSSR count). The van der Waals surface area contributed by atoms with Crippen LogP contribution in [0, 0.1) is 5.82 Å². The number of hydrogen-bond donors (Lipinski definition) is 0. The van der Waals surface area contributed by atoms with Crippen LogP contribution in [0.25, 0.3) is 11.1 Å². The second-order valence-electron chi connectivity index (χ2n) is 6.18. The van der Waals surface area contributed by atoms with Crippen molar-refractivity contribution in [3.05, 3.63) is 59.9 Å². The topological polar surface area (TPSA) is 27.7 Å². The highest BCUT2D eigenvalue weighted by Crippen LogP contribution is 2.32. The van der Waals surface area contributed by atoms with Gasteiger partial charge in [-0.15, -0.1) is 0 Å². The van der Waals surface area contributed by atoms with Crippen molar-refractivity contribution in [3.8, 4) is 11.1 Å². The molecule has 0 atom stereocenters. The highest BCUT2D eigenvalue weighted by molar-refractivity contribution is 5.98. The zero-order chi connectivity index (χ0) is 17.7. The van der Waals surface area contributed by atoms with E-state index in [9.17, 15) is 4.39 Å². The van der Waals surface area contributed by atoms with Crippen molar-refractivity contribution >= 4 is 10.5 Å². The van der Waals surface area contributed by atoms with Gasteiger partial charge in [0.1, 0.15) is 5.82 Å². The highest BCUT2D eigenvalue weighted by atomic mass is 28.2. The Bertz CT molecular complexity index is 646. The quantitative estimate of drug-likeness (QED) is 0.563. The minimum absolute atomic E-state index is 0.0550. The molecule has 0 radical (unpaired) electrons. The Labute approximate surface area is 146 Å². The highest BCUT2D eigenvalue weighted by Gasteiger charge is 2.36. The number of benzene rings is 2. The third kappa shape index (κ3) is 4.51. The zero-order valence-corrected chi connectivity index (χ0v) is 16.9. The predicted octanol–water partition coefficient (Wildman–Crippen LogP) is 3.75. The van der Waals surface area contributed by atoms with Crippen molar-refractivity contribution in [1.29, 1.82) is 0 Å². The summed E-state index contributed by atoms with van der Waals surface area (Å²) in [6, 6.07) is 14.2. The molecule has 2 aromatic rings. The van der Waals surface area contributed by atoms with Crippen molar-refractivity contribution in [1.82, 2.24) is 0 Å². The first-order chi connectivity index (χ1) is 11.4. The Morgan fingerprint density at radius 1 is 0.875 bits per heavy atom. The molecule has 3 nitrogen and oxygen atoms in total. The summed E-state index contributed by atoms with van der Waals surface area (Å²) >= 11 is 0. The smallest absolute Gasteiger partial charge is 0.302 e. The zero-order valence-electron chi connectivity index (χ0n) is 14.9. The third-order valence-corrected chi connectivity index (χ3v) is 3.98. The first-order valence-electron chi connectivity index (χ1n) is 8.13. The summed E-state index contributed by atoms with van der Waals surface area (Å²) < 4.78 is 31.1. The summed E-state index contributed by atoms with van der Waals surface area (Å²) in [6.45, 7) is 7.78. The van der Waals surface area contributed by atoms with E-state index in [0.717, 1.165) is 16.7 Å². The van der Waals surface area contributed by atoms with Crippen molar-refractivity contribution in [2.75, 3.05) is 0 Å². The Morgan fingerprint density at radius 2 is 1.46 bits per heavy atom. The fourth-order valence-electron chi connectivity index (χ4n) is 2.53. The van der Waals surface area contributed by atoms with E-state index in [2.05, 4.69) is 0 Å². The summed E-state index contributed by atoms with van der Waals surface area (Å²) in [5.41, 5.74) is 2.54. The molecule has 0 aliphatic carbocycles. The number of hydrogen-bond acceptors (Lipinski definition) is 3. The second-order valence-corrected chi connectivity index (χ2v) is 6.59. The monoisotopic (exact) mass is 348 g/mol. The van der Waals surface area contributed by atoms with Gasteiger partial charge < -0.3 is 13.9 Å². The summed E-state index contributed by atoms with van der Waals surface area (Å²) in [6.07, 6.45) is -0.110. The van der Waals surface area contributed by atoms with E-state index in [0.29, 0.717) is 10.5 Å². The van der Waals surface area contributed by atoms with E-state index in [1.54, 1.807) is 6.07 Å². The molecular weight excluding hydrogens is 323 g/mol. The van der Waals surface area contributed by atoms with Crippen LogP contribution in [0.3, 0.4) is 0 Å². The van der Waals surface area contributed by atoms with E-state index in [1.165, 1.54) is 12.1 Å². The fraction of sp³-hybridized carbons (Fsp3) is 0.368. The SMILES string of the molecule is CC(C)OC(O[SiH3])(OC(C)C)c1ccc(-c2cccc(F)c2)cc1. The lowest BCUT2D eigenvalue weighted by Crippen LogP contribution is -2.40. The fourth-order valence-corrected chi connectivity index (χ4v) is 2.96. The van der Waals surface area contributed by atoms with E-state index < -0.39 is 5.97 Å². The van der Waals surface area contributed by atoms with E-state index in [4.69, 9.17) is 13.9 Å². The maximum atomic E-state index is 13.4. The molecule has 0 spiro atoms. The van der Waals surface area contributed by atoms with Crippen LogP contribution in [0.2, 0.25) is 0 Å². The predicted molar refractivity (Wildman–Crippen MR) is 97.0 cm³/mol. The lowest BCUT2D eigenvalue weighted by Gasteiger charge is -2.36. The van der Waals surface area contributed by atoms with Crippen LogP contribution in [0.5, 0.6) is 0 Å². The van der Waals surface area contributed by atoms with Crippen molar-refractivity contribution in [2.45, 2.75) is 45.9 Å². The van der Waals surface area contributed by atoms with Gasteiger partial charge in [-0.2, -0.15) is 0 Å². The maximum Gasteiger partial charge on any atom is 0.302 e. The molecule has 0 unspecified atom stereocenters. The Kier molecular flexibility index (Phi) is 6.29. The molecule has 24 heavy (non-hydrogen) atoms.